The van der Waals surface area contributed by atoms with E-state index in [1.807, 2.05) is 0 Å². The van der Waals surface area contributed by atoms with E-state index in [-0.39, 0.29) is 17.3 Å². The van der Waals surface area contributed by atoms with Crippen molar-refractivity contribution < 1.29 is 13.9 Å². The van der Waals surface area contributed by atoms with Gasteiger partial charge in [-0.2, -0.15) is 0 Å². The second-order valence-corrected chi connectivity index (χ2v) is 5.42. The van der Waals surface area contributed by atoms with Gasteiger partial charge in [-0.05, 0) is 32.9 Å². The van der Waals surface area contributed by atoms with Crippen LogP contribution in [0.25, 0.3) is 0 Å². The van der Waals surface area contributed by atoms with Crippen LogP contribution in [0.4, 0.5) is 14.9 Å². The maximum Gasteiger partial charge on any atom is 0.408 e. The Kier molecular flexibility index (Phi) is 5.23. The number of nitrogens with one attached hydrogen (secondary N) is 1. The standard InChI is InChI=1S/C14H16ClFN2O2/c1-14(2,3)20-13(19)18-6-4-5-9-7-11(16)12(17)8-10(9)15/h7-8H,6,17H2,1-3H3,(H,18,19). The minimum absolute atomic E-state index is 0.0348. The fourth-order valence-corrected chi connectivity index (χ4v) is 1.45. The van der Waals surface area contributed by atoms with Gasteiger partial charge in [-0.25, -0.2) is 9.18 Å². The molecule has 1 rings (SSSR count). The number of hydrogen-bond donors (Lipinski definition) is 2. The number of nitrogens with two attached hydrogens (primary N) is 1. The van der Waals surface area contributed by atoms with Crippen molar-refractivity contribution in [1.82, 2.24) is 5.32 Å². The first kappa shape index (κ1) is 16.1. The highest BCUT2D eigenvalue weighted by atomic mass is 35.5. The molecular formula is C14H16ClFN2O2. The number of alkyl carbamates (subject to hydrolysis) is 1. The van der Waals surface area contributed by atoms with E-state index >= 15 is 0 Å². The Morgan fingerprint density at radius 1 is 1.50 bits per heavy atom. The SMILES string of the molecule is CC(C)(C)OC(=O)NCC#Cc1cc(F)c(N)cc1Cl. The molecule has 0 saturated heterocycles. The van der Waals surface area contributed by atoms with Crippen LogP contribution in [0, 0.1) is 17.7 Å². The molecule has 3 N–H and O–H groups in total. The highest BCUT2D eigenvalue weighted by Gasteiger charge is 2.15. The predicted molar refractivity (Wildman–Crippen MR) is 76.9 cm³/mol. The van der Waals surface area contributed by atoms with Crippen molar-refractivity contribution in [3.05, 3.63) is 28.5 Å². The summed E-state index contributed by atoms with van der Waals surface area (Å²) in [6.07, 6.45) is -0.568. The van der Waals surface area contributed by atoms with Crippen molar-refractivity contribution in [3.8, 4) is 11.8 Å². The van der Waals surface area contributed by atoms with Gasteiger partial charge in [0.05, 0.1) is 17.3 Å². The minimum atomic E-state index is -0.584. The van der Waals surface area contributed by atoms with Crippen molar-refractivity contribution in [2.24, 2.45) is 0 Å². The molecule has 0 aromatic heterocycles. The maximum atomic E-state index is 13.2. The molecule has 1 aromatic rings. The lowest BCUT2D eigenvalue weighted by Gasteiger charge is -2.19. The molecular weight excluding hydrogens is 283 g/mol. The molecule has 4 nitrogen and oxygen atoms in total. The van der Waals surface area contributed by atoms with Gasteiger partial charge in [0.1, 0.15) is 11.4 Å². The van der Waals surface area contributed by atoms with E-state index in [0.29, 0.717) is 5.56 Å². The van der Waals surface area contributed by atoms with Crippen LogP contribution >= 0.6 is 11.6 Å². The molecule has 1 amide bonds. The van der Waals surface area contributed by atoms with E-state index in [1.165, 1.54) is 6.07 Å². The number of nitrogen functional groups attached to an aromatic ring is 1. The summed E-state index contributed by atoms with van der Waals surface area (Å²) in [6, 6.07) is 2.44. The van der Waals surface area contributed by atoms with Gasteiger partial charge < -0.3 is 15.8 Å². The summed E-state index contributed by atoms with van der Waals surface area (Å²) in [6.45, 7) is 5.34. The largest absolute Gasteiger partial charge is 0.444 e. The quantitative estimate of drug-likeness (QED) is 0.619. The first-order valence-corrected chi connectivity index (χ1v) is 6.27. The summed E-state index contributed by atoms with van der Waals surface area (Å²) in [7, 11) is 0. The molecule has 0 radical (unpaired) electrons. The number of ether oxygens (including phenoxy) is 1. The zero-order valence-electron chi connectivity index (χ0n) is 11.5. The van der Waals surface area contributed by atoms with Gasteiger partial charge in [-0.15, -0.1) is 0 Å². The molecule has 0 aliphatic carbocycles. The molecule has 108 valence electrons. The third-order valence-electron chi connectivity index (χ3n) is 2.03. The van der Waals surface area contributed by atoms with E-state index in [1.54, 1.807) is 20.8 Å². The molecule has 20 heavy (non-hydrogen) atoms. The maximum absolute atomic E-state index is 13.2. The Morgan fingerprint density at radius 2 is 2.15 bits per heavy atom. The Bertz CT molecular complexity index is 571. The van der Waals surface area contributed by atoms with Crippen molar-refractivity contribution in [3.63, 3.8) is 0 Å². The van der Waals surface area contributed by atoms with E-state index in [0.717, 1.165) is 6.07 Å². The number of hydrogen-bond acceptors (Lipinski definition) is 3. The van der Waals surface area contributed by atoms with Crippen molar-refractivity contribution >= 4 is 23.4 Å². The van der Waals surface area contributed by atoms with Crippen LogP contribution < -0.4 is 11.1 Å². The smallest absolute Gasteiger partial charge is 0.408 e. The molecule has 0 unspecified atom stereocenters. The first-order chi connectivity index (χ1) is 9.19. The van der Waals surface area contributed by atoms with Gasteiger partial charge >= 0.3 is 6.09 Å². The average molecular weight is 299 g/mol. The van der Waals surface area contributed by atoms with E-state index in [4.69, 9.17) is 22.1 Å². The lowest BCUT2D eigenvalue weighted by molar-refractivity contribution is 0.0535. The first-order valence-electron chi connectivity index (χ1n) is 5.89. The van der Waals surface area contributed by atoms with Gasteiger partial charge in [0, 0.05) is 5.56 Å². The van der Waals surface area contributed by atoms with Gasteiger partial charge in [0.25, 0.3) is 0 Å². The molecule has 0 heterocycles. The Hall–Kier alpha value is -1.93. The molecule has 1 aromatic carbocycles. The number of anilines is 1. The number of rotatable bonds is 1. The minimum Gasteiger partial charge on any atom is -0.444 e. The van der Waals surface area contributed by atoms with Crippen LogP contribution in [-0.4, -0.2) is 18.2 Å². The monoisotopic (exact) mass is 298 g/mol. The lowest BCUT2D eigenvalue weighted by Crippen LogP contribution is -2.32. The normalized spacial score (nSPS) is 10.4. The molecule has 0 spiro atoms. The third kappa shape index (κ3) is 5.37. The van der Waals surface area contributed by atoms with Crippen molar-refractivity contribution in [2.75, 3.05) is 12.3 Å². The summed E-state index contributed by atoms with van der Waals surface area (Å²) < 4.78 is 18.3. The Morgan fingerprint density at radius 3 is 2.75 bits per heavy atom. The Labute approximate surface area is 122 Å². The highest BCUT2D eigenvalue weighted by Crippen LogP contribution is 2.21. The van der Waals surface area contributed by atoms with Crippen LogP contribution in [-0.2, 0) is 4.74 Å². The van der Waals surface area contributed by atoms with E-state index in [9.17, 15) is 9.18 Å². The van der Waals surface area contributed by atoms with Crippen LogP contribution in [0.2, 0.25) is 5.02 Å². The second kappa shape index (κ2) is 6.49. The summed E-state index contributed by atoms with van der Waals surface area (Å²) in [5, 5.41) is 2.72. The highest BCUT2D eigenvalue weighted by molar-refractivity contribution is 6.32. The topological polar surface area (TPSA) is 64.3 Å². The van der Waals surface area contributed by atoms with Crippen LogP contribution in [0.15, 0.2) is 12.1 Å². The molecule has 0 saturated carbocycles. The third-order valence-corrected chi connectivity index (χ3v) is 2.34. The number of benzene rings is 1. The number of amides is 1. The lowest BCUT2D eigenvalue weighted by atomic mass is 10.2. The zero-order valence-corrected chi connectivity index (χ0v) is 12.3. The van der Waals surface area contributed by atoms with Gasteiger partial charge in [0.2, 0.25) is 0 Å². The zero-order chi connectivity index (χ0) is 15.3. The van der Waals surface area contributed by atoms with Gasteiger partial charge in [-0.1, -0.05) is 23.4 Å². The average Bonchev–Trinajstić information content (AvgIpc) is 2.28. The molecule has 0 aliphatic rings. The van der Waals surface area contributed by atoms with Gasteiger partial charge in [0.15, 0.2) is 0 Å². The summed E-state index contributed by atoms with van der Waals surface area (Å²) in [5.74, 6) is 4.72. The van der Waals surface area contributed by atoms with E-state index < -0.39 is 17.5 Å². The molecule has 0 atom stereocenters. The second-order valence-electron chi connectivity index (χ2n) is 5.01. The Balaban J connectivity index is 2.60. The van der Waals surface area contributed by atoms with Crippen molar-refractivity contribution in [2.45, 2.75) is 26.4 Å². The van der Waals surface area contributed by atoms with Crippen LogP contribution in [0.1, 0.15) is 26.3 Å². The summed E-state index contributed by atoms with van der Waals surface area (Å²) in [5.41, 5.74) is 5.07. The predicted octanol–water partition coefficient (Wildman–Crippen LogP) is 2.94. The number of carbonyl (C=O) groups excluding carboxylic acids is 1. The van der Waals surface area contributed by atoms with Crippen LogP contribution in [0.5, 0.6) is 0 Å². The summed E-state index contributed by atoms with van der Waals surface area (Å²) in [4.78, 5) is 11.3. The van der Waals surface area contributed by atoms with Crippen LogP contribution in [0.3, 0.4) is 0 Å². The van der Waals surface area contributed by atoms with E-state index in [2.05, 4.69) is 17.2 Å². The number of carbonyl (C=O) groups is 1. The fourth-order valence-electron chi connectivity index (χ4n) is 1.23. The van der Waals surface area contributed by atoms with Crippen molar-refractivity contribution in [1.29, 1.82) is 0 Å². The fraction of sp³-hybridized carbons (Fsp3) is 0.357. The molecule has 0 fully saturated rings. The summed E-state index contributed by atoms with van der Waals surface area (Å²) >= 11 is 5.87. The number of halogens is 2. The molecule has 0 bridgehead atoms. The molecule has 0 aliphatic heterocycles. The molecule has 6 heteroatoms. The van der Waals surface area contributed by atoms with Gasteiger partial charge in [-0.3, -0.25) is 0 Å².